The second-order valence-electron chi connectivity index (χ2n) is 5.39. The Kier molecular flexibility index (Phi) is 5.11. The number of hydrogen-bond acceptors (Lipinski definition) is 5. The number of nitrogens with one attached hydrogen (secondary N) is 2. The lowest BCUT2D eigenvalue weighted by Gasteiger charge is -2.13. The van der Waals surface area contributed by atoms with E-state index in [0.29, 0.717) is 5.95 Å². The van der Waals surface area contributed by atoms with Crippen LogP contribution in [0.4, 0.5) is 17.5 Å². The van der Waals surface area contributed by atoms with Crippen molar-refractivity contribution in [2.45, 2.75) is 13.8 Å². The van der Waals surface area contributed by atoms with Crippen molar-refractivity contribution in [3.05, 3.63) is 41.6 Å². The zero-order valence-corrected chi connectivity index (χ0v) is 13.1. The first-order valence-electron chi connectivity index (χ1n) is 7.11. The van der Waals surface area contributed by atoms with Gasteiger partial charge in [0.05, 0.1) is 0 Å². The van der Waals surface area contributed by atoms with E-state index in [1.807, 2.05) is 6.07 Å². The lowest BCUT2D eigenvalue weighted by molar-refractivity contribution is 0.425. The van der Waals surface area contributed by atoms with Crippen molar-refractivity contribution in [2.24, 2.45) is 0 Å². The third-order valence-electron chi connectivity index (χ3n) is 3.24. The summed E-state index contributed by atoms with van der Waals surface area (Å²) in [6, 6.07) is 8.09. The molecule has 0 amide bonds. The normalized spacial score (nSPS) is 10.7. The van der Waals surface area contributed by atoms with E-state index in [0.717, 1.165) is 24.6 Å². The van der Waals surface area contributed by atoms with Crippen molar-refractivity contribution in [1.82, 2.24) is 14.9 Å². The maximum absolute atomic E-state index is 4.50. The molecular weight excluding hydrogens is 262 g/mol. The topological polar surface area (TPSA) is 53.1 Å². The molecule has 0 bridgehead atoms. The van der Waals surface area contributed by atoms with Crippen LogP contribution in [0.5, 0.6) is 0 Å². The molecule has 0 saturated heterocycles. The van der Waals surface area contributed by atoms with Gasteiger partial charge < -0.3 is 15.5 Å². The Bertz CT molecular complexity index is 575. The summed E-state index contributed by atoms with van der Waals surface area (Å²) >= 11 is 0. The quantitative estimate of drug-likeness (QED) is 0.855. The highest BCUT2D eigenvalue weighted by molar-refractivity contribution is 5.63. The summed E-state index contributed by atoms with van der Waals surface area (Å²) in [7, 11) is 4.10. The molecule has 0 fully saturated rings. The zero-order valence-electron chi connectivity index (χ0n) is 13.1. The summed E-state index contributed by atoms with van der Waals surface area (Å²) < 4.78 is 0. The van der Waals surface area contributed by atoms with Crippen molar-refractivity contribution in [3.63, 3.8) is 0 Å². The number of hydrogen-bond donors (Lipinski definition) is 2. The number of likely N-dealkylation sites (N-methyl/N-ethyl adjacent to an activating group) is 1. The van der Waals surface area contributed by atoms with Gasteiger partial charge in [-0.25, -0.2) is 4.98 Å². The minimum atomic E-state index is 0.613. The van der Waals surface area contributed by atoms with Gasteiger partial charge in [0.2, 0.25) is 5.95 Å². The Morgan fingerprint density at radius 1 is 1.10 bits per heavy atom. The Balaban J connectivity index is 2.07. The van der Waals surface area contributed by atoms with Crippen LogP contribution in [-0.4, -0.2) is 42.1 Å². The van der Waals surface area contributed by atoms with Crippen LogP contribution < -0.4 is 10.6 Å². The van der Waals surface area contributed by atoms with E-state index < -0.39 is 0 Å². The molecule has 0 aliphatic heterocycles. The smallest absolute Gasteiger partial charge is 0.229 e. The minimum absolute atomic E-state index is 0.613. The fraction of sp³-hybridized carbons (Fsp3) is 0.375. The van der Waals surface area contributed by atoms with Crippen molar-refractivity contribution in [2.75, 3.05) is 37.8 Å². The molecule has 1 heterocycles. The summed E-state index contributed by atoms with van der Waals surface area (Å²) in [4.78, 5) is 10.9. The molecule has 5 heteroatoms. The molecule has 5 nitrogen and oxygen atoms in total. The van der Waals surface area contributed by atoms with E-state index in [1.165, 1.54) is 11.1 Å². The molecule has 0 aliphatic rings. The summed E-state index contributed by atoms with van der Waals surface area (Å²) in [6.07, 6.45) is 1.76. The van der Waals surface area contributed by atoms with Crippen LogP contribution in [0.15, 0.2) is 30.5 Å². The highest BCUT2D eigenvalue weighted by Gasteiger charge is 2.05. The van der Waals surface area contributed by atoms with E-state index in [9.17, 15) is 0 Å². The average molecular weight is 285 g/mol. The van der Waals surface area contributed by atoms with Crippen LogP contribution >= 0.6 is 0 Å². The van der Waals surface area contributed by atoms with Gasteiger partial charge >= 0.3 is 0 Å². The van der Waals surface area contributed by atoms with E-state index in [4.69, 9.17) is 0 Å². The number of anilines is 3. The zero-order chi connectivity index (χ0) is 15.2. The van der Waals surface area contributed by atoms with E-state index in [1.54, 1.807) is 6.20 Å². The van der Waals surface area contributed by atoms with Crippen LogP contribution in [0.25, 0.3) is 0 Å². The van der Waals surface area contributed by atoms with E-state index >= 15 is 0 Å². The highest BCUT2D eigenvalue weighted by atomic mass is 15.2. The van der Waals surface area contributed by atoms with Crippen LogP contribution in [0.1, 0.15) is 11.1 Å². The van der Waals surface area contributed by atoms with Crippen LogP contribution in [0.2, 0.25) is 0 Å². The average Bonchev–Trinajstić information content (AvgIpc) is 2.43. The summed E-state index contributed by atoms with van der Waals surface area (Å²) in [5.74, 6) is 1.45. The maximum Gasteiger partial charge on any atom is 0.229 e. The molecule has 2 rings (SSSR count). The third-order valence-corrected chi connectivity index (χ3v) is 3.24. The molecule has 1 aromatic carbocycles. The number of aromatic nitrogens is 2. The van der Waals surface area contributed by atoms with Gasteiger partial charge in [0.15, 0.2) is 0 Å². The number of nitrogens with zero attached hydrogens (tertiary/aromatic N) is 3. The van der Waals surface area contributed by atoms with Gasteiger partial charge in [-0.1, -0.05) is 18.2 Å². The predicted molar refractivity (Wildman–Crippen MR) is 88.3 cm³/mol. The van der Waals surface area contributed by atoms with Crippen molar-refractivity contribution in [1.29, 1.82) is 0 Å². The first-order chi connectivity index (χ1) is 10.1. The molecule has 0 aliphatic carbocycles. The Morgan fingerprint density at radius 3 is 2.48 bits per heavy atom. The molecule has 2 aromatic rings. The van der Waals surface area contributed by atoms with Gasteiger partial charge in [0, 0.05) is 25.0 Å². The van der Waals surface area contributed by atoms with Gasteiger partial charge in [-0.3, -0.25) is 0 Å². The highest BCUT2D eigenvalue weighted by Crippen LogP contribution is 2.22. The first-order valence-corrected chi connectivity index (χ1v) is 7.11. The Labute approximate surface area is 126 Å². The van der Waals surface area contributed by atoms with Gasteiger partial charge in [-0.05, 0) is 45.1 Å². The molecule has 0 saturated carbocycles. The van der Waals surface area contributed by atoms with E-state index in [-0.39, 0.29) is 0 Å². The lowest BCUT2D eigenvalue weighted by atomic mass is 10.1. The third kappa shape index (κ3) is 4.43. The van der Waals surface area contributed by atoms with Crippen LogP contribution in [-0.2, 0) is 0 Å². The summed E-state index contributed by atoms with van der Waals surface area (Å²) in [5, 5.41) is 6.61. The molecule has 0 atom stereocenters. The van der Waals surface area contributed by atoms with E-state index in [2.05, 4.69) is 71.6 Å². The van der Waals surface area contributed by atoms with Crippen molar-refractivity contribution < 1.29 is 0 Å². The number of para-hydroxylation sites is 1. The summed E-state index contributed by atoms with van der Waals surface area (Å²) in [5.41, 5.74) is 3.44. The van der Waals surface area contributed by atoms with Gasteiger partial charge in [0.1, 0.15) is 5.82 Å². The maximum atomic E-state index is 4.50. The molecule has 112 valence electrons. The van der Waals surface area contributed by atoms with Gasteiger partial charge in [-0.2, -0.15) is 4.98 Å². The van der Waals surface area contributed by atoms with Gasteiger partial charge in [-0.15, -0.1) is 0 Å². The Hall–Kier alpha value is -2.14. The van der Waals surface area contributed by atoms with Crippen molar-refractivity contribution in [3.8, 4) is 0 Å². The minimum Gasteiger partial charge on any atom is -0.369 e. The van der Waals surface area contributed by atoms with Crippen LogP contribution in [0.3, 0.4) is 0 Å². The molecule has 0 unspecified atom stereocenters. The fourth-order valence-electron chi connectivity index (χ4n) is 2.05. The Morgan fingerprint density at radius 2 is 1.81 bits per heavy atom. The standard InChI is InChI=1S/C16H23N5/c1-12-6-5-7-13(2)15(12)20-16-18-9-8-14(19-16)17-10-11-21(3)4/h5-9H,10-11H2,1-4H3,(H2,17,18,19,20). The SMILES string of the molecule is Cc1cccc(C)c1Nc1nccc(NCCN(C)C)n1. The van der Waals surface area contributed by atoms with Crippen LogP contribution in [0, 0.1) is 13.8 Å². The first kappa shape index (κ1) is 15.3. The molecule has 21 heavy (non-hydrogen) atoms. The molecular formula is C16H23N5. The predicted octanol–water partition coefficient (Wildman–Crippen LogP) is 2.81. The number of benzene rings is 1. The molecule has 0 spiro atoms. The monoisotopic (exact) mass is 285 g/mol. The second kappa shape index (κ2) is 7.04. The largest absolute Gasteiger partial charge is 0.369 e. The molecule has 1 aromatic heterocycles. The lowest BCUT2D eigenvalue weighted by Crippen LogP contribution is -2.21. The molecule has 2 N–H and O–H groups in total. The van der Waals surface area contributed by atoms with Gasteiger partial charge in [0.25, 0.3) is 0 Å². The summed E-state index contributed by atoms with van der Waals surface area (Å²) in [6.45, 7) is 5.97. The number of rotatable bonds is 6. The molecule has 0 radical (unpaired) electrons. The number of aryl methyl sites for hydroxylation is 2. The second-order valence-corrected chi connectivity index (χ2v) is 5.39. The van der Waals surface area contributed by atoms with Crippen molar-refractivity contribution >= 4 is 17.5 Å². The fourth-order valence-corrected chi connectivity index (χ4v) is 2.05.